The average Bonchev–Trinajstić information content (AvgIpc) is 2.85. The first-order valence-electron chi connectivity index (χ1n) is 7.65. The maximum absolute atomic E-state index is 12.1. The third-order valence-electron chi connectivity index (χ3n) is 4.12. The van der Waals surface area contributed by atoms with Gasteiger partial charge < -0.3 is 10.2 Å². The molecule has 1 fully saturated rings. The van der Waals surface area contributed by atoms with Crippen LogP contribution in [0.15, 0.2) is 24.3 Å². The van der Waals surface area contributed by atoms with E-state index in [4.69, 9.17) is 0 Å². The van der Waals surface area contributed by atoms with E-state index in [0.29, 0.717) is 24.4 Å². The summed E-state index contributed by atoms with van der Waals surface area (Å²) < 4.78 is 0. The van der Waals surface area contributed by atoms with Gasteiger partial charge in [0.05, 0.1) is 0 Å². The number of likely N-dealkylation sites (tertiary alicyclic amines) is 1. The normalized spacial score (nSPS) is 16.4. The van der Waals surface area contributed by atoms with Gasteiger partial charge in [-0.25, -0.2) is 0 Å². The summed E-state index contributed by atoms with van der Waals surface area (Å²) in [7, 11) is 0. The third kappa shape index (κ3) is 4.06. The van der Waals surface area contributed by atoms with E-state index in [1.807, 2.05) is 36.1 Å². The summed E-state index contributed by atoms with van der Waals surface area (Å²) in [5.74, 6) is 0.594. The van der Waals surface area contributed by atoms with Crippen molar-refractivity contribution >= 4 is 11.8 Å². The number of benzene rings is 1. The highest BCUT2D eigenvalue weighted by Crippen LogP contribution is 2.15. The summed E-state index contributed by atoms with van der Waals surface area (Å²) in [6.07, 6.45) is 1.61. The molecule has 0 saturated carbocycles. The maximum atomic E-state index is 12.1. The van der Waals surface area contributed by atoms with Crippen molar-refractivity contribution in [2.75, 3.05) is 6.54 Å². The van der Waals surface area contributed by atoms with Gasteiger partial charge in [-0.3, -0.25) is 9.59 Å². The summed E-state index contributed by atoms with van der Waals surface area (Å²) in [5.41, 5.74) is 1.73. The Morgan fingerprint density at radius 2 is 1.90 bits per heavy atom. The minimum absolute atomic E-state index is 0.0417. The molecule has 0 radical (unpaired) electrons. The van der Waals surface area contributed by atoms with Gasteiger partial charge in [-0.1, -0.05) is 26.0 Å². The summed E-state index contributed by atoms with van der Waals surface area (Å²) in [5, 5.41) is 2.99. The molecule has 1 aliphatic rings. The smallest absolute Gasteiger partial charge is 0.251 e. The number of carbonyl (C=O) groups excluding carboxylic acids is 2. The fourth-order valence-corrected chi connectivity index (χ4v) is 2.31. The Morgan fingerprint density at radius 3 is 2.43 bits per heavy atom. The second-order valence-electron chi connectivity index (χ2n) is 6.12. The Morgan fingerprint density at radius 1 is 1.24 bits per heavy atom. The molecule has 2 rings (SSSR count). The van der Waals surface area contributed by atoms with Crippen molar-refractivity contribution in [1.82, 2.24) is 10.2 Å². The Kier molecular flexibility index (Phi) is 4.99. The standard InChI is InChI=1S/C17H24N2O2/c1-12(2)13(3)18-17(21)15-8-6-14(7-9-15)11-19-10-4-5-16(19)20/h6-9,12-13H,4-5,10-11H2,1-3H3,(H,18,21)/t13-/m1/s1. The van der Waals surface area contributed by atoms with Crippen molar-refractivity contribution in [1.29, 1.82) is 0 Å². The van der Waals surface area contributed by atoms with Gasteiger partial charge in [-0.15, -0.1) is 0 Å². The van der Waals surface area contributed by atoms with Gasteiger partial charge >= 0.3 is 0 Å². The summed E-state index contributed by atoms with van der Waals surface area (Å²) in [6.45, 7) is 7.66. The summed E-state index contributed by atoms with van der Waals surface area (Å²) >= 11 is 0. The monoisotopic (exact) mass is 288 g/mol. The van der Waals surface area contributed by atoms with E-state index in [1.54, 1.807) is 0 Å². The second kappa shape index (κ2) is 6.74. The molecule has 1 N–H and O–H groups in total. The van der Waals surface area contributed by atoms with E-state index in [0.717, 1.165) is 18.5 Å². The number of amides is 2. The predicted molar refractivity (Wildman–Crippen MR) is 82.9 cm³/mol. The maximum Gasteiger partial charge on any atom is 0.251 e. The van der Waals surface area contributed by atoms with E-state index in [2.05, 4.69) is 19.2 Å². The molecule has 0 unspecified atom stereocenters. The molecule has 0 spiro atoms. The Balaban J connectivity index is 1.95. The summed E-state index contributed by atoms with van der Waals surface area (Å²) in [4.78, 5) is 25.6. The quantitative estimate of drug-likeness (QED) is 0.905. The Hall–Kier alpha value is -1.84. The van der Waals surface area contributed by atoms with Crippen LogP contribution in [0, 0.1) is 5.92 Å². The molecular weight excluding hydrogens is 264 g/mol. The highest BCUT2D eigenvalue weighted by atomic mass is 16.2. The van der Waals surface area contributed by atoms with Crippen LogP contribution in [0.4, 0.5) is 0 Å². The van der Waals surface area contributed by atoms with E-state index in [1.165, 1.54) is 0 Å². The lowest BCUT2D eigenvalue weighted by Gasteiger charge is -2.18. The zero-order valence-electron chi connectivity index (χ0n) is 13.1. The van der Waals surface area contributed by atoms with Gasteiger partial charge in [0.2, 0.25) is 5.91 Å². The fourth-order valence-electron chi connectivity index (χ4n) is 2.31. The first-order valence-corrected chi connectivity index (χ1v) is 7.65. The second-order valence-corrected chi connectivity index (χ2v) is 6.12. The zero-order chi connectivity index (χ0) is 15.4. The van der Waals surface area contributed by atoms with Crippen LogP contribution in [0.1, 0.15) is 49.5 Å². The largest absolute Gasteiger partial charge is 0.349 e. The Bertz CT molecular complexity index is 508. The molecule has 0 aromatic heterocycles. The number of nitrogens with one attached hydrogen (secondary N) is 1. The third-order valence-corrected chi connectivity index (χ3v) is 4.12. The topological polar surface area (TPSA) is 49.4 Å². The molecule has 1 aromatic rings. The average molecular weight is 288 g/mol. The van der Waals surface area contributed by atoms with Crippen molar-refractivity contribution in [3.05, 3.63) is 35.4 Å². The molecule has 0 aliphatic carbocycles. The lowest BCUT2D eigenvalue weighted by molar-refractivity contribution is -0.128. The number of hydrogen-bond donors (Lipinski definition) is 1. The molecule has 0 bridgehead atoms. The van der Waals surface area contributed by atoms with Crippen molar-refractivity contribution in [3.63, 3.8) is 0 Å². The number of hydrogen-bond acceptors (Lipinski definition) is 2. The van der Waals surface area contributed by atoms with Crippen molar-refractivity contribution in [2.24, 2.45) is 5.92 Å². The van der Waals surface area contributed by atoms with Crippen LogP contribution in [0.3, 0.4) is 0 Å². The minimum Gasteiger partial charge on any atom is -0.349 e. The van der Waals surface area contributed by atoms with Crippen LogP contribution < -0.4 is 5.32 Å². The van der Waals surface area contributed by atoms with Crippen LogP contribution >= 0.6 is 0 Å². The van der Waals surface area contributed by atoms with Crippen molar-refractivity contribution < 1.29 is 9.59 Å². The van der Waals surface area contributed by atoms with Gasteiger partial charge in [0, 0.05) is 31.1 Å². The van der Waals surface area contributed by atoms with Crippen LogP contribution in [0.5, 0.6) is 0 Å². The summed E-state index contributed by atoms with van der Waals surface area (Å²) in [6, 6.07) is 7.68. The molecule has 4 nitrogen and oxygen atoms in total. The molecule has 114 valence electrons. The highest BCUT2D eigenvalue weighted by Gasteiger charge is 2.20. The van der Waals surface area contributed by atoms with Gasteiger partial charge in [0.15, 0.2) is 0 Å². The molecule has 1 aromatic carbocycles. The minimum atomic E-state index is -0.0417. The van der Waals surface area contributed by atoms with Crippen LogP contribution in [-0.2, 0) is 11.3 Å². The van der Waals surface area contributed by atoms with Gasteiger partial charge in [-0.2, -0.15) is 0 Å². The van der Waals surface area contributed by atoms with Gasteiger partial charge in [0.1, 0.15) is 0 Å². The van der Waals surface area contributed by atoms with E-state index in [-0.39, 0.29) is 17.9 Å². The number of nitrogens with zero attached hydrogens (tertiary/aromatic N) is 1. The SMILES string of the molecule is CC(C)[C@@H](C)NC(=O)c1ccc(CN2CCCC2=O)cc1. The molecule has 21 heavy (non-hydrogen) atoms. The molecule has 4 heteroatoms. The zero-order valence-corrected chi connectivity index (χ0v) is 13.1. The first-order chi connectivity index (χ1) is 9.97. The van der Waals surface area contributed by atoms with Gasteiger partial charge in [0.25, 0.3) is 5.91 Å². The Labute approximate surface area is 126 Å². The molecule has 1 heterocycles. The molecule has 1 atom stereocenters. The van der Waals surface area contributed by atoms with Crippen LogP contribution in [0.25, 0.3) is 0 Å². The number of carbonyl (C=O) groups is 2. The fraction of sp³-hybridized carbons (Fsp3) is 0.529. The van der Waals surface area contributed by atoms with E-state index < -0.39 is 0 Å². The molecular formula is C17H24N2O2. The van der Waals surface area contributed by atoms with E-state index in [9.17, 15) is 9.59 Å². The lowest BCUT2D eigenvalue weighted by Crippen LogP contribution is -2.36. The predicted octanol–water partition coefficient (Wildman–Crippen LogP) is 2.58. The number of rotatable bonds is 5. The highest BCUT2D eigenvalue weighted by molar-refractivity contribution is 5.94. The molecule has 1 saturated heterocycles. The first kappa shape index (κ1) is 15.5. The van der Waals surface area contributed by atoms with E-state index >= 15 is 0 Å². The van der Waals surface area contributed by atoms with Crippen LogP contribution in [0.2, 0.25) is 0 Å². The van der Waals surface area contributed by atoms with Crippen LogP contribution in [-0.4, -0.2) is 29.3 Å². The molecule has 1 aliphatic heterocycles. The van der Waals surface area contributed by atoms with Crippen molar-refractivity contribution in [2.45, 2.75) is 46.2 Å². The lowest BCUT2D eigenvalue weighted by atomic mass is 10.1. The molecule has 2 amide bonds. The van der Waals surface area contributed by atoms with Crippen molar-refractivity contribution in [3.8, 4) is 0 Å². The van der Waals surface area contributed by atoms with Gasteiger partial charge in [-0.05, 0) is 37.0 Å².